The molecule has 0 spiro atoms. The molecule has 0 aromatic rings. The van der Waals surface area contributed by atoms with Gasteiger partial charge in [0.05, 0.1) is 13.0 Å². The van der Waals surface area contributed by atoms with E-state index >= 15 is 0 Å². The molecule has 1 saturated carbocycles. The first-order valence-corrected chi connectivity index (χ1v) is 7.20. The molecule has 106 valence electrons. The molecule has 3 atom stereocenters. The smallest absolute Gasteiger partial charge is 0.308 e. The second kappa shape index (κ2) is 5.10. The van der Waals surface area contributed by atoms with Crippen LogP contribution in [0.1, 0.15) is 52.9 Å². The average Bonchev–Trinajstić information content (AvgIpc) is 2.41. The molecule has 2 rings (SSSR count). The SMILES string of the molecule is COC(=O)[C@@H](C)[C@@H]1CC[C@@]2(C)CCC(=O)C(C)=C2C1. The van der Waals surface area contributed by atoms with Gasteiger partial charge in [0, 0.05) is 6.42 Å². The molecule has 3 nitrogen and oxygen atoms in total. The fourth-order valence-corrected chi connectivity index (χ4v) is 3.70. The van der Waals surface area contributed by atoms with Gasteiger partial charge >= 0.3 is 5.97 Å². The zero-order valence-electron chi connectivity index (χ0n) is 12.4. The Balaban J connectivity index is 2.23. The van der Waals surface area contributed by atoms with E-state index in [2.05, 4.69) is 6.92 Å². The molecule has 3 heteroatoms. The quantitative estimate of drug-likeness (QED) is 0.719. The minimum atomic E-state index is -0.131. The summed E-state index contributed by atoms with van der Waals surface area (Å²) in [5, 5.41) is 0. The molecule has 0 bridgehead atoms. The number of hydrogen-bond donors (Lipinski definition) is 0. The summed E-state index contributed by atoms with van der Waals surface area (Å²) in [6.45, 7) is 6.18. The number of methoxy groups -OCH3 is 1. The van der Waals surface area contributed by atoms with Gasteiger partial charge in [-0.25, -0.2) is 0 Å². The Morgan fingerprint density at radius 2 is 2.11 bits per heavy atom. The van der Waals surface area contributed by atoms with Crippen molar-refractivity contribution in [3.8, 4) is 0 Å². The van der Waals surface area contributed by atoms with Crippen LogP contribution in [0, 0.1) is 17.3 Å². The molecule has 2 aliphatic carbocycles. The Labute approximate surface area is 115 Å². The minimum absolute atomic E-state index is 0.0770. The van der Waals surface area contributed by atoms with Gasteiger partial charge in [-0.3, -0.25) is 9.59 Å². The van der Waals surface area contributed by atoms with Gasteiger partial charge in [-0.05, 0) is 49.5 Å². The molecule has 0 aromatic carbocycles. The average molecular weight is 264 g/mol. The van der Waals surface area contributed by atoms with Gasteiger partial charge in [0.15, 0.2) is 5.78 Å². The first kappa shape index (κ1) is 14.3. The molecular weight excluding hydrogens is 240 g/mol. The summed E-state index contributed by atoms with van der Waals surface area (Å²) >= 11 is 0. The number of carbonyl (C=O) groups excluding carboxylic acids is 2. The van der Waals surface area contributed by atoms with E-state index in [0.29, 0.717) is 18.1 Å². The van der Waals surface area contributed by atoms with Gasteiger partial charge in [-0.2, -0.15) is 0 Å². The summed E-state index contributed by atoms with van der Waals surface area (Å²) in [6.07, 6.45) is 4.67. The van der Waals surface area contributed by atoms with Crippen LogP contribution in [0.5, 0.6) is 0 Å². The molecule has 0 radical (unpaired) electrons. The van der Waals surface area contributed by atoms with E-state index in [9.17, 15) is 9.59 Å². The number of hydrogen-bond acceptors (Lipinski definition) is 3. The number of rotatable bonds is 2. The highest BCUT2D eigenvalue weighted by Crippen LogP contribution is 2.51. The van der Waals surface area contributed by atoms with Crippen molar-refractivity contribution in [2.75, 3.05) is 7.11 Å². The maximum absolute atomic E-state index is 11.9. The predicted molar refractivity (Wildman–Crippen MR) is 73.6 cm³/mol. The number of ketones is 1. The molecule has 0 unspecified atom stereocenters. The molecular formula is C16H24O3. The van der Waals surface area contributed by atoms with E-state index in [4.69, 9.17) is 4.74 Å². The normalized spacial score (nSPS) is 32.8. The maximum Gasteiger partial charge on any atom is 0.308 e. The molecule has 0 aliphatic heterocycles. The molecule has 0 amide bonds. The zero-order valence-corrected chi connectivity index (χ0v) is 12.4. The van der Waals surface area contributed by atoms with Gasteiger partial charge in [0.2, 0.25) is 0 Å². The van der Waals surface area contributed by atoms with Crippen LogP contribution in [0.2, 0.25) is 0 Å². The van der Waals surface area contributed by atoms with E-state index in [1.165, 1.54) is 12.7 Å². The summed E-state index contributed by atoms with van der Waals surface area (Å²) in [6, 6.07) is 0. The third-order valence-corrected chi connectivity index (χ3v) is 5.32. The lowest BCUT2D eigenvalue weighted by Gasteiger charge is -2.44. The Morgan fingerprint density at radius 3 is 2.74 bits per heavy atom. The summed E-state index contributed by atoms with van der Waals surface area (Å²) in [5.41, 5.74) is 2.44. The standard InChI is InChI=1S/C16H24O3/c1-10(15(18)19-4)12-5-7-16(3)8-6-14(17)11(2)13(16)9-12/h10,12H,5-9H2,1-4H3/t10-,12+,16-/m0/s1. The van der Waals surface area contributed by atoms with Crippen molar-refractivity contribution < 1.29 is 14.3 Å². The molecule has 19 heavy (non-hydrogen) atoms. The number of allylic oxidation sites excluding steroid dienone is 2. The van der Waals surface area contributed by atoms with Crippen LogP contribution >= 0.6 is 0 Å². The topological polar surface area (TPSA) is 43.4 Å². The largest absolute Gasteiger partial charge is 0.469 e. The summed E-state index contributed by atoms with van der Waals surface area (Å²) < 4.78 is 4.85. The Morgan fingerprint density at radius 1 is 1.42 bits per heavy atom. The lowest BCUT2D eigenvalue weighted by molar-refractivity contribution is -0.147. The third-order valence-electron chi connectivity index (χ3n) is 5.32. The minimum Gasteiger partial charge on any atom is -0.469 e. The van der Waals surface area contributed by atoms with E-state index in [1.807, 2.05) is 13.8 Å². The van der Waals surface area contributed by atoms with Crippen molar-refractivity contribution in [1.82, 2.24) is 0 Å². The second-order valence-electron chi connectivity index (χ2n) is 6.40. The zero-order chi connectivity index (χ0) is 14.2. The number of fused-ring (bicyclic) bond motifs is 1. The Hall–Kier alpha value is -1.12. The van der Waals surface area contributed by atoms with Crippen LogP contribution < -0.4 is 0 Å². The van der Waals surface area contributed by atoms with E-state index in [1.54, 1.807) is 0 Å². The molecule has 1 fully saturated rings. The molecule has 0 saturated heterocycles. The van der Waals surface area contributed by atoms with Crippen molar-refractivity contribution in [2.45, 2.75) is 52.9 Å². The Kier molecular flexibility index (Phi) is 3.84. The van der Waals surface area contributed by atoms with Crippen molar-refractivity contribution in [2.24, 2.45) is 17.3 Å². The third kappa shape index (κ3) is 2.47. The first-order valence-electron chi connectivity index (χ1n) is 7.20. The molecule has 2 aliphatic rings. The number of Topliss-reactive ketones (excluding diaryl/α,β-unsaturated/α-hetero) is 1. The van der Waals surface area contributed by atoms with Crippen molar-refractivity contribution in [1.29, 1.82) is 0 Å². The van der Waals surface area contributed by atoms with E-state index in [0.717, 1.165) is 31.3 Å². The van der Waals surface area contributed by atoms with Crippen molar-refractivity contribution in [3.05, 3.63) is 11.1 Å². The van der Waals surface area contributed by atoms with Gasteiger partial charge < -0.3 is 4.74 Å². The molecule has 0 aromatic heterocycles. The second-order valence-corrected chi connectivity index (χ2v) is 6.40. The van der Waals surface area contributed by atoms with Gasteiger partial charge in [-0.15, -0.1) is 0 Å². The highest BCUT2D eigenvalue weighted by Gasteiger charge is 2.42. The summed E-state index contributed by atoms with van der Waals surface area (Å²) in [5.74, 6) is 0.399. The lowest BCUT2D eigenvalue weighted by atomic mass is 9.60. The van der Waals surface area contributed by atoms with Crippen molar-refractivity contribution >= 4 is 11.8 Å². The number of esters is 1. The Bertz CT molecular complexity index is 435. The number of ether oxygens (including phenoxy) is 1. The summed E-state index contributed by atoms with van der Waals surface area (Å²) in [4.78, 5) is 23.6. The predicted octanol–water partition coefficient (Wildman–Crippen LogP) is 3.28. The fourth-order valence-electron chi connectivity index (χ4n) is 3.70. The van der Waals surface area contributed by atoms with Gasteiger partial charge in [-0.1, -0.05) is 19.4 Å². The molecule has 0 N–H and O–H groups in total. The van der Waals surface area contributed by atoms with Gasteiger partial charge in [0.1, 0.15) is 0 Å². The number of carbonyl (C=O) groups is 2. The van der Waals surface area contributed by atoms with Crippen LogP contribution in [-0.2, 0) is 14.3 Å². The van der Waals surface area contributed by atoms with Crippen LogP contribution in [0.15, 0.2) is 11.1 Å². The van der Waals surface area contributed by atoms with Crippen LogP contribution in [-0.4, -0.2) is 18.9 Å². The monoisotopic (exact) mass is 264 g/mol. The molecule has 0 heterocycles. The fraction of sp³-hybridized carbons (Fsp3) is 0.750. The van der Waals surface area contributed by atoms with Crippen LogP contribution in [0.4, 0.5) is 0 Å². The first-order chi connectivity index (χ1) is 8.89. The van der Waals surface area contributed by atoms with Crippen LogP contribution in [0.25, 0.3) is 0 Å². The highest BCUT2D eigenvalue weighted by molar-refractivity contribution is 5.96. The highest BCUT2D eigenvalue weighted by atomic mass is 16.5. The van der Waals surface area contributed by atoms with Gasteiger partial charge in [0.25, 0.3) is 0 Å². The van der Waals surface area contributed by atoms with Crippen LogP contribution in [0.3, 0.4) is 0 Å². The lowest BCUT2D eigenvalue weighted by Crippen LogP contribution is -2.36. The van der Waals surface area contributed by atoms with E-state index < -0.39 is 0 Å². The van der Waals surface area contributed by atoms with Crippen molar-refractivity contribution in [3.63, 3.8) is 0 Å². The van der Waals surface area contributed by atoms with E-state index in [-0.39, 0.29) is 17.3 Å². The maximum atomic E-state index is 11.9. The summed E-state index contributed by atoms with van der Waals surface area (Å²) in [7, 11) is 1.44.